The van der Waals surface area contributed by atoms with Crippen LogP contribution in [0.25, 0.3) is 5.00 Å². The molecule has 0 aliphatic carbocycles. The number of rotatable bonds is 9. The number of likely N-dealkylation sites (tertiary alicyclic amines) is 1. The summed E-state index contributed by atoms with van der Waals surface area (Å²) in [5.41, 5.74) is 0.172. The Labute approximate surface area is 272 Å². The molecule has 0 bridgehead atoms. The smallest absolute Gasteiger partial charge is 0.261 e. The minimum absolute atomic E-state index is 0.0433. The number of piperidine rings is 1. The number of amides is 2. The molecular weight excluding hydrogens is 613 g/mol. The van der Waals surface area contributed by atoms with Crippen molar-refractivity contribution in [2.45, 2.75) is 77.0 Å². The number of hydrogen-bond acceptors (Lipinski definition) is 9. The predicted molar refractivity (Wildman–Crippen MR) is 171 cm³/mol. The number of anilines is 1. The number of carbonyl (C=O) groups excluding carboxylic acids is 2. The summed E-state index contributed by atoms with van der Waals surface area (Å²) in [4.78, 5) is 33.3. The Morgan fingerprint density at radius 3 is 2.61 bits per heavy atom. The van der Waals surface area contributed by atoms with Gasteiger partial charge in [-0.25, -0.2) is 9.07 Å². The van der Waals surface area contributed by atoms with Crippen LogP contribution in [0.1, 0.15) is 73.5 Å². The highest BCUT2D eigenvalue weighted by atomic mass is 32.1. The molecule has 13 heteroatoms. The molecule has 0 spiro atoms. The van der Waals surface area contributed by atoms with Gasteiger partial charge >= 0.3 is 0 Å². The number of benzene rings is 1. The number of hydrogen-bond donors (Lipinski definition) is 1. The van der Waals surface area contributed by atoms with Gasteiger partial charge in [0, 0.05) is 49.8 Å². The summed E-state index contributed by atoms with van der Waals surface area (Å²) >= 11 is 1.32. The molecule has 1 N–H and O–H groups in total. The first kappa shape index (κ1) is 32.4. The highest BCUT2D eigenvalue weighted by molar-refractivity contribution is 7.19. The molecule has 0 saturated carbocycles. The lowest BCUT2D eigenvalue weighted by Crippen LogP contribution is -2.67. The average molecular weight is 656 g/mol. The zero-order valence-electron chi connectivity index (χ0n) is 26.8. The van der Waals surface area contributed by atoms with E-state index in [1.807, 2.05) is 6.92 Å². The van der Waals surface area contributed by atoms with Gasteiger partial charge in [0.2, 0.25) is 12.3 Å². The third kappa shape index (κ3) is 6.01. The molecule has 6 rings (SSSR count). The molecule has 3 aliphatic rings. The van der Waals surface area contributed by atoms with Crippen molar-refractivity contribution in [3.8, 4) is 10.8 Å². The molecule has 2 atom stereocenters. The van der Waals surface area contributed by atoms with Crippen molar-refractivity contribution in [3.05, 3.63) is 59.2 Å². The SMILES string of the molecule is COc1ccc(F)cc1[C@H](CN1c2sc(-n3cccn3)c(C)c2C(=O)N(C(C)(C)C(=O)N2CCCCC2)C1O)OC1CCOCC1. The maximum atomic E-state index is 14.8. The summed E-state index contributed by atoms with van der Waals surface area (Å²) in [5, 5.41) is 17.8. The van der Waals surface area contributed by atoms with E-state index in [9.17, 15) is 19.1 Å². The quantitative estimate of drug-likeness (QED) is 0.355. The lowest BCUT2D eigenvalue weighted by Gasteiger charge is -2.49. The zero-order valence-corrected chi connectivity index (χ0v) is 27.6. The van der Waals surface area contributed by atoms with E-state index < -0.39 is 29.7 Å². The lowest BCUT2D eigenvalue weighted by atomic mass is 9.95. The summed E-state index contributed by atoms with van der Waals surface area (Å²) in [6, 6.07) is 6.08. The number of carbonyl (C=O) groups is 2. The highest BCUT2D eigenvalue weighted by Crippen LogP contribution is 2.46. The Morgan fingerprint density at radius 1 is 1.20 bits per heavy atom. The second-order valence-corrected chi connectivity index (χ2v) is 13.5. The van der Waals surface area contributed by atoms with Crippen LogP contribution in [0.2, 0.25) is 0 Å². The Morgan fingerprint density at radius 2 is 1.93 bits per heavy atom. The molecule has 2 fully saturated rings. The van der Waals surface area contributed by atoms with Crippen molar-refractivity contribution >= 4 is 28.2 Å². The van der Waals surface area contributed by atoms with Crippen LogP contribution in [0, 0.1) is 12.7 Å². The molecule has 0 radical (unpaired) electrons. The van der Waals surface area contributed by atoms with Crippen molar-refractivity contribution in [1.82, 2.24) is 19.6 Å². The van der Waals surface area contributed by atoms with Gasteiger partial charge in [-0.1, -0.05) is 11.3 Å². The number of aliphatic hydroxyl groups is 1. The molecule has 3 aromatic rings. The number of nitrogens with zero attached hydrogens (tertiary/aromatic N) is 5. The third-order valence-electron chi connectivity index (χ3n) is 9.21. The molecule has 3 aliphatic heterocycles. The van der Waals surface area contributed by atoms with Gasteiger partial charge < -0.3 is 29.1 Å². The normalized spacial score (nSPS) is 20.2. The van der Waals surface area contributed by atoms with Crippen LogP contribution in [0.15, 0.2) is 36.7 Å². The topological polar surface area (TPSA) is 110 Å². The number of aliphatic hydroxyl groups excluding tert-OH is 1. The Kier molecular flexibility index (Phi) is 9.38. The van der Waals surface area contributed by atoms with E-state index in [1.165, 1.54) is 35.5 Å². The van der Waals surface area contributed by atoms with E-state index in [4.69, 9.17) is 14.2 Å². The van der Waals surface area contributed by atoms with Crippen LogP contribution in [-0.4, -0.2) is 94.5 Å². The fraction of sp³-hybridized carbons (Fsp3) is 0.545. The minimum Gasteiger partial charge on any atom is -0.496 e. The molecule has 11 nitrogen and oxygen atoms in total. The van der Waals surface area contributed by atoms with Crippen molar-refractivity contribution in [1.29, 1.82) is 0 Å². The molecular formula is C33H42FN5O6S. The maximum Gasteiger partial charge on any atom is 0.261 e. The second kappa shape index (κ2) is 13.3. The summed E-state index contributed by atoms with van der Waals surface area (Å²) in [6.45, 7) is 7.57. The average Bonchev–Trinajstić information content (AvgIpc) is 3.71. The number of thiophene rings is 1. The van der Waals surface area contributed by atoms with Gasteiger partial charge in [0.15, 0.2) is 0 Å². The number of fused-ring (bicyclic) bond motifs is 1. The van der Waals surface area contributed by atoms with Crippen molar-refractivity contribution in [3.63, 3.8) is 0 Å². The van der Waals surface area contributed by atoms with E-state index >= 15 is 0 Å². The van der Waals surface area contributed by atoms with E-state index in [1.54, 1.807) is 52.9 Å². The highest BCUT2D eigenvalue weighted by Gasteiger charge is 2.51. The molecule has 2 amide bonds. The Bertz CT molecular complexity index is 1550. The first-order valence-corrected chi connectivity index (χ1v) is 16.7. The molecule has 2 saturated heterocycles. The van der Waals surface area contributed by atoms with Crippen LogP contribution < -0.4 is 9.64 Å². The summed E-state index contributed by atoms with van der Waals surface area (Å²) in [7, 11) is 1.52. The van der Waals surface area contributed by atoms with Crippen molar-refractivity contribution in [2.24, 2.45) is 0 Å². The van der Waals surface area contributed by atoms with Crippen molar-refractivity contribution in [2.75, 3.05) is 44.9 Å². The van der Waals surface area contributed by atoms with Gasteiger partial charge in [-0.15, -0.1) is 0 Å². The van der Waals surface area contributed by atoms with Gasteiger partial charge in [0.25, 0.3) is 5.91 Å². The van der Waals surface area contributed by atoms with Gasteiger partial charge in [-0.3, -0.25) is 14.5 Å². The monoisotopic (exact) mass is 655 g/mol. The largest absolute Gasteiger partial charge is 0.496 e. The maximum absolute atomic E-state index is 14.8. The summed E-state index contributed by atoms with van der Waals surface area (Å²) in [5.74, 6) is -0.663. The second-order valence-electron chi connectivity index (χ2n) is 12.6. The molecule has 46 heavy (non-hydrogen) atoms. The van der Waals surface area contributed by atoms with Crippen LogP contribution in [0.4, 0.5) is 9.39 Å². The summed E-state index contributed by atoms with van der Waals surface area (Å²) in [6.07, 6.45) is 5.16. The molecule has 248 valence electrons. The molecule has 5 heterocycles. The van der Waals surface area contributed by atoms with Crippen LogP contribution in [0.3, 0.4) is 0 Å². The van der Waals surface area contributed by atoms with Gasteiger partial charge in [0.05, 0.1) is 25.3 Å². The van der Waals surface area contributed by atoms with Crippen LogP contribution in [0.5, 0.6) is 5.75 Å². The van der Waals surface area contributed by atoms with Gasteiger partial charge in [-0.2, -0.15) is 5.10 Å². The minimum atomic E-state index is -1.52. The van der Waals surface area contributed by atoms with Crippen molar-refractivity contribution < 1.29 is 33.3 Å². The van der Waals surface area contributed by atoms with E-state index in [0.717, 1.165) is 19.3 Å². The predicted octanol–water partition coefficient (Wildman–Crippen LogP) is 4.66. The van der Waals surface area contributed by atoms with Crippen LogP contribution in [-0.2, 0) is 14.3 Å². The van der Waals surface area contributed by atoms with E-state index in [2.05, 4.69) is 5.10 Å². The lowest BCUT2D eigenvalue weighted by molar-refractivity contribution is -0.148. The van der Waals surface area contributed by atoms with Gasteiger partial charge in [0.1, 0.15) is 33.2 Å². The van der Waals surface area contributed by atoms with E-state index in [-0.39, 0.29) is 18.6 Å². The van der Waals surface area contributed by atoms with E-state index in [0.29, 0.717) is 71.6 Å². The number of halogens is 1. The number of ether oxygens (including phenoxy) is 3. The van der Waals surface area contributed by atoms with Crippen LogP contribution >= 0.6 is 11.3 Å². The zero-order chi connectivity index (χ0) is 32.6. The fourth-order valence-electron chi connectivity index (χ4n) is 6.72. The first-order chi connectivity index (χ1) is 22.1. The number of methoxy groups -OCH3 is 1. The standard InChI is InChI=1S/C33H42FN5O6S/c1-21-27-28(40)39(33(2,3)31(41)36-14-6-5-7-15-36)32(42)37(30(27)46-29(21)38-16-8-13-35-38)20-26(45-23-11-17-44-18-12-23)24-19-22(34)9-10-25(24)43-4/h8-10,13,16,19,23,26,32,42H,5-7,11-12,14-15,17-18,20H2,1-4H3/t26-,32?/m0/s1. The molecule has 1 aromatic carbocycles. The third-order valence-corrected chi connectivity index (χ3v) is 10.5. The first-order valence-electron chi connectivity index (χ1n) is 15.9. The Balaban J connectivity index is 1.45. The number of aromatic nitrogens is 2. The molecule has 1 unspecified atom stereocenters. The molecule has 2 aromatic heterocycles. The summed E-state index contributed by atoms with van der Waals surface area (Å²) < 4.78 is 34.3. The Hall–Kier alpha value is -3.52. The van der Waals surface area contributed by atoms with Gasteiger partial charge in [-0.05, 0) is 77.1 Å². The fourth-order valence-corrected chi connectivity index (χ4v) is 7.99.